The van der Waals surface area contributed by atoms with Gasteiger partial charge in [0.1, 0.15) is 11.5 Å². The molecule has 31 heavy (non-hydrogen) atoms. The van der Waals surface area contributed by atoms with E-state index in [-0.39, 0.29) is 18.0 Å². The molecule has 0 radical (unpaired) electrons. The second-order valence-electron chi connectivity index (χ2n) is 6.49. The topological polar surface area (TPSA) is 97.2 Å². The highest BCUT2D eigenvalue weighted by Gasteiger charge is 2.11. The van der Waals surface area contributed by atoms with Gasteiger partial charge in [-0.2, -0.15) is 9.50 Å². The number of aromatic nitrogens is 5. The quantitative estimate of drug-likeness (QED) is 0.426. The Kier molecular flexibility index (Phi) is 5.63. The number of ether oxygens (including phenoxy) is 1. The summed E-state index contributed by atoms with van der Waals surface area (Å²) < 4.78 is 7.08. The average molecular weight is 433 g/mol. The summed E-state index contributed by atoms with van der Waals surface area (Å²) in [5.41, 5.74) is 1.87. The van der Waals surface area contributed by atoms with Crippen molar-refractivity contribution in [1.29, 1.82) is 0 Å². The van der Waals surface area contributed by atoms with E-state index < -0.39 is 0 Å². The molecule has 0 saturated carbocycles. The van der Waals surface area contributed by atoms with Crippen molar-refractivity contribution in [2.45, 2.75) is 0 Å². The first kappa shape index (κ1) is 20.1. The molecule has 3 aromatic heterocycles. The average Bonchev–Trinajstić information content (AvgIpc) is 3.20. The van der Waals surface area contributed by atoms with Crippen LogP contribution in [0.4, 0.5) is 11.6 Å². The van der Waals surface area contributed by atoms with Crippen molar-refractivity contribution < 1.29 is 4.74 Å². The molecule has 2 aromatic carbocycles. The highest BCUT2D eigenvalue weighted by molar-refractivity contribution is 5.85. The van der Waals surface area contributed by atoms with Gasteiger partial charge in [0, 0.05) is 24.3 Å². The fourth-order valence-corrected chi connectivity index (χ4v) is 3.01. The van der Waals surface area contributed by atoms with Gasteiger partial charge >= 0.3 is 0 Å². The molecule has 0 aliphatic heterocycles. The van der Waals surface area contributed by atoms with Gasteiger partial charge in [-0.25, -0.2) is 4.98 Å². The molecule has 0 fully saturated rings. The van der Waals surface area contributed by atoms with Crippen molar-refractivity contribution in [2.75, 3.05) is 5.32 Å². The Morgan fingerprint density at radius 2 is 1.61 bits per heavy atom. The van der Waals surface area contributed by atoms with Gasteiger partial charge in [0.15, 0.2) is 0 Å². The van der Waals surface area contributed by atoms with E-state index in [1.165, 1.54) is 4.52 Å². The molecule has 2 N–H and O–H groups in total. The van der Waals surface area contributed by atoms with Crippen molar-refractivity contribution in [3.05, 3.63) is 95.7 Å². The minimum absolute atomic E-state index is 0. The lowest BCUT2D eigenvalue weighted by Gasteiger charge is -2.06. The molecule has 5 aromatic rings. The molecule has 0 bridgehead atoms. The van der Waals surface area contributed by atoms with Crippen LogP contribution in [-0.4, -0.2) is 24.6 Å². The van der Waals surface area contributed by atoms with E-state index >= 15 is 0 Å². The van der Waals surface area contributed by atoms with Gasteiger partial charge in [-0.1, -0.05) is 30.3 Å². The van der Waals surface area contributed by atoms with Crippen LogP contribution in [0.1, 0.15) is 0 Å². The fourth-order valence-electron chi connectivity index (χ4n) is 3.01. The number of H-pyrrole nitrogens is 1. The van der Waals surface area contributed by atoms with Gasteiger partial charge in [-0.15, -0.1) is 12.4 Å². The van der Waals surface area contributed by atoms with E-state index in [1.807, 2.05) is 54.6 Å². The Morgan fingerprint density at radius 3 is 2.35 bits per heavy atom. The van der Waals surface area contributed by atoms with Crippen molar-refractivity contribution in [3.8, 4) is 22.6 Å². The summed E-state index contributed by atoms with van der Waals surface area (Å²) in [7, 11) is 0. The van der Waals surface area contributed by atoms with Crippen LogP contribution in [0.5, 0.6) is 11.5 Å². The zero-order valence-electron chi connectivity index (χ0n) is 16.1. The van der Waals surface area contributed by atoms with E-state index in [9.17, 15) is 4.79 Å². The number of benzene rings is 2. The van der Waals surface area contributed by atoms with E-state index in [4.69, 9.17) is 4.74 Å². The van der Waals surface area contributed by atoms with Crippen LogP contribution < -0.4 is 15.6 Å². The maximum absolute atomic E-state index is 12.8. The number of rotatable bonds is 5. The highest BCUT2D eigenvalue weighted by Crippen LogP contribution is 2.23. The number of nitrogens with zero attached hydrogens (tertiary/aromatic N) is 4. The number of fused-ring (bicyclic) bond motifs is 1. The Labute approximate surface area is 183 Å². The number of hydrogen-bond donors (Lipinski definition) is 2. The first-order valence-electron chi connectivity index (χ1n) is 9.24. The van der Waals surface area contributed by atoms with E-state index in [2.05, 4.69) is 25.4 Å². The van der Waals surface area contributed by atoms with Crippen LogP contribution in [0.2, 0.25) is 0 Å². The molecule has 5 rings (SSSR count). The van der Waals surface area contributed by atoms with E-state index in [1.54, 1.807) is 30.7 Å². The fraction of sp³-hybridized carbons (Fsp3) is 0. The van der Waals surface area contributed by atoms with Crippen LogP contribution in [0.3, 0.4) is 0 Å². The monoisotopic (exact) mass is 432 g/mol. The predicted molar refractivity (Wildman–Crippen MR) is 120 cm³/mol. The third-order valence-corrected chi connectivity index (χ3v) is 4.46. The number of pyridine rings is 1. The first-order valence-corrected chi connectivity index (χ1v) is 9.24. The van der Waals surface area contributed by atoms with Gasteiger partial charge in [0.25, 0.3) is 11.3 Å². The smallest absolute Gasteiger partial charge is 0.281 e. The van der Waals surface area contributed by atoms with Crippen molar-refractivity contribution >= 4 is 29.8 Å². The summed E-state index contributed by atoms with van der Waals surface area (Å²) in [6.07, 6.45) is 4.89. The summed E-state index contributed by atoms with van der Waals surface area (Å²) in [4.78, 5) is 25.4. The molecule has 8 nitrogen and oxygen atoms in total. The lowest BCUT2D eigenvalue weighted by molar-refractivity contribution is 0.482. The van der Waals surface area contributed by atoms with Crippen LogP contribution in [0.15, 0.2) is 90.1 Å². The molecule has 0 spiro atoms. The van der Waals surface area contributed by atoms with Gasteiger partial charge in [-0.3, -0.25) is 14.9 Å². The summed E-state index contributed by atoms with van der Waals surface area (Å²) in [6.45, 7) is 0. The first-order chi connectivity index (χ1) is 14.8. The summed E-state index contributed by atoms with van der Waals surface area (Å²) in [5.74, 6) is 2.11. The molecular weight excluding hydrogens is 416 g/mol. The van der Waals surface area contributed by atoms with Gasteiger partial charge in [-0.05, 0) is 42.0 Å². The molecule has 0 saturated heterocycles. The maximum atomic E-state index is 12.8. The van der Waals surface area contributed by atoms with Gasteiger partial charge in [0.2, 0.25) is 5.95 Å². The highest BCUT2D eigenvalue weighted by atomic mass is 35.5. The molecule has 0 unspecified atom stereocenters. The minimum atomic E-state index is -0.215. The van der Waals surface area contributed by atoms with Crippen molar-refractivity contribution in [2.24, 2.45) is 0 Å². The molecule has 0 amide bonds. The zero-order valence-corrected chi connectivity index (χ0v) is 16.9. The Morgan fingerprint density at radius 1 is 0.903 bits per heavy atom. The van der Waals surface area contributed by atoms with Gasteiger partial charge < -0.3 is 10.1 Å². The number of anilines is 2. The molecule has 154 valence electrons. The standard InChI is InChI=1S/C22H16N6O2.ClH/c29-20-19(15-4-2-1-3-5-15)14-24-22-26-21(27-28(20)22)25-16-6-8-17(9-7-16)30-18-10-12-23-13-11-18;/h1-14H,(H2,24,25,26,27);1H. The molecule has 0 aliphatic rings. The number of aromatic amines is 1. The third kappa shape index (κ3) is 4.24. The Bertz CT molecular complexity index is 1350. The Balaban J connectivity index is 0.00000231. The van der Waals surface area contributed by atoms with Crippen molar-refractivity contribution in [1.82, 2.24) is 24.6 Å². The SMILES string of the molecule is Cl.O=c1c(-c2ccccc2)cnc2nc(Nc3ccc(Oc4ccncc4)cc3)[nH]n12. The van der Waals surface area contributed by atoms with Crippen LogP contribution in [-0.2, 0) is 0 Å². The van der Waals surface area contributed by atoms with Crippen molar-refractivity contribution in [3.63, 3.8) is 0 Å². The lowest BCUT2D eigenvalue weighted by atomic mass is 10.1. The molecule has 0 aliphatic carbocycles. The molecule has 9 heteroatoms. The number of nitrogens with one attached hydrogen (secondary N) is 2. The minimum Gasteiger partial charge on any atom is -0.457 e. The van der Waals surface area contributed by atoms with Crippen LogP contribution in [0.25, 0.3) is 16.9 Å². The Hall–Kier alpha value is -4.17. The number of hydrogen-bond acceptors (Lipinski definition) is 6. The molecular formula is C22H17ClN6O2. The second-order valence-corrected chi connectivity index (χ2v) is 6.49. The summed E-state index contributed by atoms with van der Waals surface area (Å²) >= 11 is 0. The molecule has 3 heterocycles. The predicted octanol–water partition coefficient (Wildman–Crippen LogP) is 4.44. The zero-order chi connectivity index (χ0) is 20.3. The number of halogens is 1. The van der Waals surface area contributed by atoms with Crippen LogP contribution >= 0.6 is 12.4 Å². The van der Waals surface area contributed by atoms with Crippen LogP contribution in [0, 0.1) is 0 Å². The third-order valence-electron chi connectivity index (χ3n) is 4.46. The maximum Gasteiger partial charge on any atom is 0.281 e. The second kappa shape index (κ2) is 8.68. The normalized spacial score (nSPS) is 10.5. The lowest BCUT2D eigenvalue weighted by Crippen LogP contribution is -2.17. The largest absolute Gasteiger partial charge is 0.457 e. The molecule has 0 atom stereocenters. The van der Waals surface area contributed by atoms with E-state index in [0.29, 0.717) is 28.8 Å². The summed E-state index contributed by atoms with van der Waals surface area (Å²) in [6, 6.07) is 20.4. The van der Waals surface area contributed by atoms with E-state index in [0.717, 1.165) is 11.3 Å². The van der Waals surface area contributed by atoms with Gasteiger partial charge in [0.05, 0.1) is 5.56 Å². The summed E-state index contributed by atoms with van der Waals surface area (Å²) in [5, 5.41) is 6.10.